The number of nitrogens with one attached hydrogen (secondary N) is 1. The molecule has 0 aliphatic rings. The van der Waals surface area contributed by atoms with Crippen LogP contribution in [0.4, 0.5) is 5.69 Å². The Labute approximate surface area is 136 Å². The van der Waals surface area contributed by atoms with E-state index in [-0.39, 0.29) is 21.2 Å². The fraction of sp³-hybridized carbons (Fsp3) is 0.0667. The van der Waals surface area contributed by atoms with Gasteiger partial charge >= 0.3 is 5.97 Å². The van der Waals surface area contributed by atoms with Crippen molar-refractivity contribution in [3.63, 3.8) is 0 Å². The molecule has 0 bridgehead atoms. The first-order chi connectivity index (χ1) is 10.4. The van der Waals surface area contributed by atoms with Crippen molar-refractivity contribution in [2.24, 2.45) is 0 Å². The Balaban J connectivity index is 2.32. The van der Waals surface area contributed by atoms with Crippen molar-refractivity contribution < 1.29 is 19.4 Å². The van der Waals surface area contributed by atoms with E-state index in [0.717, 1.165) is 6.07 Å². The lowest BCUT2D eigenvalue weighted by Gasteiger charge is -2.10. The molecule has 0 heterocycles. The molecule has 2 N–H and O–H groups in total. The topological polar surface area (TPSA) is 75.6 Å². The molecule has 7 heteroatoms. The smallest absolute Gasteiger partial charge is 0.336 e. The summed E-state index contributed by atoms with van der Waals surface area (Å²) in [6.07, 6.45) is 0. The van der Waals surface area contributed by atoms with Gasteiger partial charge in [-0.1, -0.05) is 23.2 Å². The number of halogens is 2. The second kappa shape index (κ2) is 6.68. The zero-order chi connectivity index (χ0) is 16.3. The summed E-state index contributed by atoms with van der Waals surface area (Å²) in [4.78, 5) is 23.5. The second-order valence-corrected chi connectivity index (χ2v) is 5.11. The molecule has 2 rings (SSSR count). The van der Waals surface area contributed by atoms with E-state index in [2.05, 4.69) is 5.32 Å². The Bertz CT molecular complexity index is 729. The van der Waals surface area contributed by atoms with Crippen LogP contribution in [0.25, 0.3) is 0 Å². The van der Waals surface area contributed by atoms with Gasteiger partial charge in [-0.2, -0.15) is 0 Å². The quantitative estimate of drug-likeness (QED) is 0.884. The Morgan fingerprint density at radius 3 is 2.09 bits per heavy atom. The molecule has 2 aromatic carbocycles. The molecule has 0 radical (unpaired) electrons. The van der Waals surface area contributed by atoms with E-state index in [1.54, 1.807) is 24.3 Å². The summed E-state index contributed by atoms with van der Waals surface area (Å²) in [5.41, 5.74) is 0.200. The molecular formula is C15H11Cl2NO4. The minimum atomic E-state index is -1.27. The predicted octanol–water partition coefficient (Wildman–Crippen LogP) is 3.95. The minimum Gasteiger partial charge on any atom is -0.497 e. The first-order valence-corrected chi connectivity index (χ1v) is 6.85. The van der Waals surface area contributed by atoms with E-state index in [0.29, 0.717) is 11.4 Å². The Morgan fingerprint density at radius 2 is 1.59 bits per heavy atom. The third-order valence-electron chi connectivity index (χ3n) is 2.88. The molecule has 0 aliphatic heterocycles. The van der Waals surface area contributed by atoms with Gasteiger partial charge in [0.25, 0.3) is 5.91 Å². The van der Waals surface area contributed by atoms with Gasteiger partial charge in [0.1, 0.15) is 5.75 Å². The van der Waals surface area contributed by atoms with Crippen LogP contribution in [0.1, 0.15) is 20.7 Å². The van der Waals surface area contributed by atoms with Gasteiger partial charge in [0.05, 0.1) is 28.3 Å². The highest BCUT2D eigenvalue weighted by Crippen LogP contribution is 2.27. The number of ether oxygens (including phenoxy) is 1. The monoisotopic (exact) mass is 339 g/mol. The number of methoxy groups -OCH3 is 1. The largest absolute Gasteiger partial charge is 0.497 e. The first kappa shape index (κ1) is 16.1. The maximum absolute atomic E-state index is 12.2. The van der Waals surface area contributed by atoms with E-state index in [4.69, 9.17) is 33.0 Å². The molecule has 0 unspecified atom stereocenters. The van der Waals surface area contributed by atoms with Crippen molar-refractivity contribution in [3.05, 3.63) is 57.6 Å². The molecular weight excluding hydrogens is 329 g/mol. The fourth-order valence-corrected chi connectivity index (χ4v) is 2.11. The molecule has 5 nitrogen and oxygen atoms in total. The van der Waals surface area contributed by atoms with E-state index in [1.807, 2.05) is 0 Å². The van der Waals surface area contributed by atoms with Crippen molar-refractivity contribution in [1.29, 1.82) is 0 Å². The highest BCUT2D eigenvalue weighted by molar-refractivity contribution is 6.42. The van der Waals surface area contributed by atoms with Gasteiger partial charge in [-0.15, -0.1) is 0 Å². The van der Waals surface area contributed by atoms with Gasteiger partial charge in [-0.25, -0.2) is 4.79 Å². The number of benzene rings is 2. The van der Waals surface area contributed by atoms with E-state index < -0.39 is 11.9 Å². The summed E-state index contributed by atoms with van der Waals surface area (Å²) < 4.78 is 5.02. The van der Waals surface area contributed by atoms with Crippen LogP contribution in [-0.4, -0.2) is 24.1 Å². The standard InChI is InChI=1S/C15H11Cl2NO4/c1-22-9-4-2-8(3-5-9)18-14(19)10-6-12(16)13(17)7-11(10)15(20)21/h2-7H,1H3,(H,18,19)(H,20,21). The molecule has 0 aliphatic carbocycles. The Kier molecular flexibility index (Phi) is 4.90. The number of amides is 1. The van der Waals surface area contributed by atoms with Crippen LogP contribution >= 0.6 is 23.2 Å². The van der Waals surface area contributed by atoms with Crippen molar-refractivity contribution in [2.75, 3.05) is 12.4 Å². The Hall–Kier alpha value is -2.24. The maximum atomic E-state index is 12.2. The molecule has 2 aromatic rings. The molecule has 0 fully saturated rings. The number of aromatic carboxylic acids is 1. The number of rotatable bonds is 4. The maximum Gasteiger partial charge on any atom is 0.336 e. The lowest BCUT2D eigenvalue weighted by molar-refractivity contribution is 0.0692. The molecule has 0 spiro atoms. The van der Waals surface area contributed by atoms with E-state index in [9.17, 15) is 9.59 Å². The van der Waals surface area contributed by atoms with E-state index in [1.165, 1.54) is 13.2 Å². The van der Waals surface area contributed by atoms with Gasteiger partial charge in [0.2, 0.25) is 0 Å². The first-order valence-electron chi connectivity index (χ1n) is 6.10. The van der Waals surface area contributed by atoms with Crippen LogP contribution in [0.3, 0.4) is 0 Å². The molecule has 1 amide bonds. The average molecular weight is 340 g/mol. The zero-order valence-corrected chi connectivity index (χ0v) is 12.9. The molecule has 0 saturated heterocycles. The van der Waals surface area contributed by atoms with Crippen LogP contribution in [0.2, 0.25) is 10.0 Å². The fourth-order valence-electron chi connectivity index (χ4n) is 1.78. The molecule has 0 aromatic heterocycles. The molecule has 114 valence electrons. The van der Waals surface area contributed by atoms with Crippen molar-refractivity contribution in [2.45, 2.75) is 0 Å². The van der Waals surface area contributed by atoms with Gasteiger partial charge in [-0.3, -0.25) is 4.79 Å². The second-order valence-electron chi connectivity index (χ2n) is 4.30. The summed E-state index contributed by atoms with van der Waals surface area (Å²) in [7, 11) is 1.53. The summed E-state index contributed by atoms with van der Waals surface area (Å²) in [6, 6.07) is 8.98. The number of carbonyl (C=O) groups is 2. The molecule has 0 saturated carbocycles. The number of carbonyl (C=O) groups excluding carboxylic acids is 1. The van der Waals surface area contributed by atoms with Crippen LogP contribution < -0.4 is 10.1 Å². The molecule has 0 atom stereocenters. The predicted molar refractivity (Wildman–Crippen MR) is 84.4 cm³/mol. The summed E-state index contributed by atoms with van der Waals surface area (Å²) in [5, 5.41) is 11.9. The number of carboxylic acid groups (broad SMARTS) is 1. The van der Waals surface area contributed by atoms with Gasteiger partial charge < -0.3 is 15.2 Å². The Morgan fingerprint density at radius 1 is 1.05 bits per heavy atom. The third kappa shape index (κ3) is 3.50. The third-order valence-corrected chi connectivity index (χ3v) is 3.61. The zero-order valence-electron chi connectivity index (χ0n) is 11.4. The lowest BCUT2D eigenvalue weighted by atomic mass is 10.1. The van der Waals surface area contributed by atoms with Crippen LogP contribution in [0, 0.1) is 0 Å². The summed E-state index contributed by atoms with van der Waals surface area (Å²) in [6.45, 7) is 0. The van der Waals surface area contributed by atoms with Gasteiger partial charge in [0.15, 0.2) is 0 Å². The molecule has 22 heavy (non-hydrogen) atoms. The van der Waals surface area contributed by atoms with Crippen molar-refractivity contribution in [1.82, 2.24) is 0 Å². The average Bonchev–Trinajstić information content (AvgIpc) is 2.50. The van der Waals surface area contributed by atoms with Crippen LogP contribution in [-0.2, 0) is 0 Å². The van der Waals surface area contributed by atoms with Gasteiger partial charge in [-0.05, 0) is 36.4 Å². The minimum absolute atomic E-state index is 0.0695. The normalized spacial score (nSPS) is 10.1. The van der Waals surface area contributed by atoms with Crippen molar-refractivity contribution >= 4 is 40.8 Å². The highest BCUT2D eigenvalue weighted by Gasteiger charge is 2.19. The SMILES string of the molecule is COc1ccc(NC(=O)c2cc(Cl)c(Cl)cc2C(=O)O)cc1. The summed E-state index contributed by atoms with van der Waals surface area (Å²) >= 11 is 11.6. The van der Waals surface area contributed by atoms with Crippen molar-refractivity contribution in [3.8, 4) is 5.75 Å². The number of anilines is 1. The van der Waals surface area contributed by atoms with E-state index >= 15 is 0 Å². The van der Waals surface area contributed by atoms with Crippen LogP contribution in [0.5, 0.6) is 5.75 Å². The van der Waals surface area contributed by atoms with Crippen LogP contribution in [0.15, 0.2) is 36.4 Å². The number of hydrogen-bond acceptors (Lipinski definition) is 3. The summed E-state index contributed by atoms with van der Waals surface area (Å²) in [5.74, 6) is -1.22. The highest BCUT2D eigenvalue weighted by atomic mass is 35.5. The van der Waals surface area contributed by atoms with Gasteiger partial charge in [0, 0.05) is 5.69 Å². The number of hydrogen-bond donors (Lipinski definition) is 2. The number of carboxylic acids is 1. The lowest BCUT2D eigenvalue weighted by Crippen LogP contribution is -2.16.